The van der Waals surface area contributed by atoms with Gasteiger partial charge in [0, 0.05) is 18.9 Å². The van der Waals surface area contributed by atoms with Gasteiger partial charge in [-0.05, 0) is 6.42 Å². The molecule has 1 heterocycles. The standard InChI is InChI=1S/C9H13F3N2O2/c1-2-3-13-4-5-14(8(13)15)6-7-16-9(10,11)12/h4-5H,2-3,6-7H2,1H3. The molecular formula is C9H13F3N2O2. The molecule has 16 heavy (non-hydrogen) atoms. The zero-order chi connectivity index (χ0) is 12.2. The van der Waals surface area contributed by atoms with E-state index in [2.05, 4.69) is 4.74 Å². The van der Waals surface area contributed by atoms with Gasteiger partial charge in [0.05, 0.1) is 13.2 Å². The molecule has 0 saturated carbocycles. The summed E-state index contributed by atoms with van der Waals surface area (Å²) in [4.78, 5) is 11.5. The van der Waals surface area contributed by atoms with Crippen molar-refractivity contribution in [1.29, 1.82) is 0 Å². The maximum atomic E-state index is 11.7. The third kappa shape index (κ3) is 3.73. The number of alkyl halides is 3. The van der Waals surface area contributed by atoms with Gasteiger partial charge in [0.25, 0.3) is 0 Å². The van der Waals surface area contributed by atoms with E-state index in [0.29, 0.717) is 6.54 Å². The molecule has 0 bridgehead atoms. The lowest BCUT2D eigenvalue weighted by Gasteiger charge is -2.06. The highest BCUT2D eigenvalue weighted by molar-refractivity contribution is 4.81. The van der Waals surface area contributed by atoms with Crippen molar-refractivity contribution in [2.45, 2.75) is 32.8 Å². The topological polar surface area (TPSA) is 36.2 Å². The van der Waals surface area contributed by atoms with Gasteiger partial charge in [-0.3, -0.25) is 13.9 Å². The summed E-state index contributed by atoms with van der Waals surface area (Å²) in [6, 6.07) is 0. The highest BCUT2D eigenvalue weighted by Gasteiger charge is 2.28. The lowest BCUT2D eigenvalue weighted by molar-refractivity contribution is -0.325. The maximum Gasteiger partial charge on any atom is 0.522 e. The van der Waals surface area contributed by atoms with Crippen LogP contribution in [-0.4, -0.2) is 22.1 Å². The zero-order valence-corrected chi connectivity index (χ0v) is 8.83. The first-order valence-electron chi connectivity index (χ1n) is 4.90. The molecule has 0 aliphatic heterocycles. The van der Waals surface area contributed by atoms with Gasteiger partial charge in [-0.25, -0.2) is 4.79 Å². The molecule has 0 unspecified atom stereocenters. The van der Waals surface area contributed by atoms with Gasteiger partial charge < -0.3 is 0 Å². The number of aryl methyl sites for hydroxylation is 1. The molecule has 0 fully saturated rings. The molecule has 0 aliphatic rings. The van der Waals surface area contributed by atoms with Crippen molar-refractivity contribution in [1.82, 2.24) is 9.13 Å². The Kier molecular flexibility index (Phi) is 4.17. The first-order valence-corrected chi connectivity index (χ1v) is 4.90. The lowest BCUT2D eigenvalue weighted by atomic mass is 10.5. The zero-order valence-electron chi connectivity index (χ0n) is 8.83. The number of nitrogens with zero attached hydrogens (tertiary/aromatic N) is 2. The molecule has 0 saturated heterocycles. The van der Waals surface area contributed by atoms with Crippen LogP contribution in [0, 0.1) is 0 Å². The fourth-order valence-electron chi connectivity index (χ4n) is 1.29. The third-order valence-electron chi connectivity index (χ3n) is 1.98. The van der Waals surface area contributed by atoms with E-state index in [1.165, 1.54) is 15.3 Å². The lowest BCUT2D eigenvalue weighted by Crippen LogP contribution is -2.26. The van der Waals surface area contributed by atoms with Gasteiger partial charge in [0.2, 0.25) is 0 Å². The summed E-state index contributed by atoms with van der Waals surface area (Å²) in [5, 5.41) is 0. The summed E-state index contributed by atoms with van der Waals surface area (Å²) < 4.78 is 41.2. The predicted molar refractivity (Wildman–Crippen MR) is 51.0 cm³/mol. The number of halogens is 3. The maximum absolute atomic E-state index is 11.7. The van der Waals surface area contributed by atoms with Crippen molar-refractivity contribution < 1.29 is 17.9 Å². The van der Waals surface area contributed by atoms with Crippen LogP contribution in [0.25, 0.3) is 0 Å². The summed E-state index contributed by atoms with van der Waals surface area (Å²) in [7, 11) is 0. The third-order valence-corrected chi connectivity index (χ3v) is 1.98. The molecule has 0 atom stereocenters. The Morgan fingerprint density at radius 2 is 1.81 bits per heavy atom. The first-order chi connectivity index (χ1) is 7.44. The van der Waals surface area contributed by atoms with Gasteiger partial charge in [0.1, 0.15) is 0 Å². The fourth-order valence-corrected chi connectivity index (χ4v) is 1.29. The van der Waals surface area contributed by atoms with Crippen LogP contribution in [0.5, 0.6) is 0 Å². The van der Waals surface area contributed by atoms with Gasteiger partial charge in [0.15, 0.2) is 0 Å². The quantitative estimate of drug-likeness (QED) is 0.781. The largest absolute Gasteiger partial charge is 0.522 e. The fraction of sp³-hybridized carbons (Fsp3) is 0.667. The number of imidazole rings is 1. The average molecular weight is 238 g/mol. The van der Waals surface area contributed by atoms with Crippen LogP contribution >= 0.6 is 0 Å². The molecule has 0 aliphatic carbocycles. The van der Waals surface area contributed by atoms with Crippen LogP contribution in [0.2, 0.25) is 0 Å². The summed E-state index contributed by atoms with van der Waals surface area (Å²) in [5.41, 5.74) is -0.312. The van der Waals surface area contributed by atoms with E-state index in [4.69, 9.17) is 0 Å². The van der Waals surface area contributed by atoms with E-state index < -0.39 is 13.0 Å². The van der Waals surface area contributed by atoms with Crippen LogP contribution in [0.15, 0.2) is 17.2 Å². The average Bonchev–Trinajstić information content (AvgIpc) is 2.48. The normalized spacial score (nSPS) is 12.0. The molecule has 0 radical (unpaired) electrons. The Morgan fingerprint density at radius 1 is 1.25 bits per heavy atom. The second-order valence-electron chi connectivity index (χ2n) is 3.26. The summed E-state index contributed by atoms with van der Waals surface area (Å²) in [5.74, 6) is 0. The van der Waals surface area contributed by atoms with E-state index in [9.17, 15) is 18.0 Å². The molecule has 0 amide bonds. The molecule has 1 aromatic rings. The van der Waals surface area contributed by atoms with Crippen LogP contribution in [-0.2, 0) is 17.8 Å². The predicted octanol–water partition coefficient (Wildman–Crippen LogP) is 1.60. The van der Waals surface area contributed by atoms with E-state index in [1.54, 1.807) is 6.20 Å². The molecule has 0 spiro atoms. The molecule has 0 aromatic carbocycles. The minimum atomic E-state index is -4.64. The van der Waals surface area contributed by atoms with Gasteiger partial charge in [-0.15, -0.1) is 13.2 Å². The molecule has 1 aromatic heterocycles. The van der Waals surface area contributed by atoms with E-state index in [0.717, 1.165) is 6.42 Å². The Hall–Kier alpha value is -1.24. The summed E-state index contributed by atoms with van der Waals surface area (Å²) in [6.07, 6.45) is -0.838. The minimum Gasteiger partial charge on any atom is -0.299 e. The van der Waals surface area contributed by atoms with Crippen LogP contribution in [0.4, 0.5) is 13.2 Å². The second kappa shape index (κ2) is 5.20. The minimum absolute atomic E-state index is 0.102. The van der Waals surface area contributed by atoms with E-state index in [1.807, 2.05) is 6.92 Å². The smallest absolute Gasteiger partial charge is 0.299 e. The highest BCUT2D eigenvalue weighted by Crippen LogP contribution is 2.15. The SMILES string of the molecule is CCCn1ccn(CCOC(F)(F)F)c1=O. The monoisotopic (exact) mass is 238 g/mol. The molecule has 92 valence electrons. The molecule has 4 nitrogen and oxygen atoms in total. The van der Waals surface area contributed by atoms with Crippen molar-refractivity contribution in [2.24, 2.45) is 0 Å². The molecule has 1 rings (SSSR count). The van der Waals surface area contributed by atoms with E-state index in [-0.39, 0.29) is 12.2 Å². The molecular weight excluding hydrogens is 225 g/mol. The number of ether oxygens (including phenoxy) is 1. The van der Waals surface area contributed by atoms with Crippen molar-refractivity contribution in [3.8, 4) is 0 Å². The summed E-state index contributed by atoms with van der Waals surface area (Å²) >= 11 is 0. The molecule has 0 N–H and O–H groups in total. The van der Waals surface area contributed by atoms with Crippen molar-refractivity contribution in [2.75, 3.05) is 6.61 Å². The van der Waals surface area contributed by atoms with Crippen LogP contribution in [0.1, 0.15) is 13.3 Å². The van der Waals surface area contributed by atoms with Gasteiger partial charge in [-0.2, -0.15) is 0 Å². The molecule has 7 heteroatoms. The van der Waals surface area contributed by atoms with Crippen LogP contribution < -0.4 is 5.69 Å². The first kappa shape index (κ1) is 12.8. The van der Waals surface area contributed by atoms with Gasteiger partial charge in [-0.1, -0.05) is 6.92 Å². The number of rotatable bonds is 5. The van der Waals surface area contributed by atoms with Gasteiger partial charge >= 0.3 is 12.1 Å². The van der Waals surface area contributed by atoms with Crippen LogP contribution in [0.3, 0.4) is 0 Å². The Balaban J connectivity index is 2.52. The van der Waals surface area contributed by atoms with E-state index >= 15 is 0 Å². The van der Waals surface area contributed by atoms with Crippen molar-refractivity contribution in [3.05, 3.63) is 22.9 Å². The second-order valence-corrected chi connectivity index (χ2v) is 3.26. The Labute approximate surface area is 90.2 Å². The Bertz CT molecular complexity index is 381. The Morgan fingerprint density at radius 3 is 2.31 bits per heavy atom. The van der Waals surface area contributed by atoms with Crippen molar-refractivity contribution >= 4 is 0 Å². The summed E-state index contributed by atoms with van der Waals surface area (Å²) in [6.45, 7) is 1.82. The number of aromatic nitrogens is 2. The van der Waals surface area contributed by atoms with Crippen molar-refractivity contribution in [3.63, 3.8) is 0 Å². The number of hydrogen-bond acceptors (Lipinski definition) is 2. The number of hydrogen-bond donors (Lipinski definition) is 0. The highest BCUT2D eigenvalue weighted by atomic mass is 19.4.